The summed E-state index contributed by atoms with van der Waals surface area (Å²) in [6.45, 7) is 0. The standard InChI is InChI=1S/C28H44O2P2/c29-31(25-12-1-2-13-25,26-14-3-4-15-26)21-23-10-9-11-24(20-23)22-32(30,27-16-5-6-17-27)28-18-7-8-19-28/h9-11,20,25-28H,1-8,12-19,21-22H2. The monoisotopic (exact) mass is 474 g/mol. The molecule has 0 radical (unpaired) electrons. The van der Waals surface area contributed by atoms with Crippen molar-refractivity contribution < 1.29 is 9.13 Å². The van der Waals surface area contributed by atoms with E-state index < -0.39 is 14.3 Å². The van der Waals surface area contributed by atoms with E-state index >= 15 is 0 Å². The highest BCUT2D eigenvalue weighted by Gasteiger charge is 2.44. The highest BCUT2D eigenvalue weighted by Crippen LogP contribution is 2.67. The Kier molecular flexibility index (Phi) is 7.41. The molecule has 4 fully saturated rings. The molecule has 0 aromatic heterocycles. The molecule has 0 N–H and O–H groups in total. The van der Waals surface area contributed by atoms with Crippen LogP contribution in [0.15, 0.2) is 24.3 Å². The lowest BCUT2D eigenvalue weighted by atomic mass is 10.2. The van der Waals surface area contributed by atoms with E-state index in [1.165, 1.54) is 114 Å². The third-order valence-corrected chi connectivity index (χ3v) is 18.4. The van der Waals surface area contributed by atoms with Gasteiger partial charge in [-0.15, -0.1) is 0 Å². The zero-order chi connectivity index (χ0) is 22.0. The maximum atomic E-state index is 14.5. The molecule has 5 rings (SSSR count). The van der Waals surface area contributed by atoms with Gasteiger partial charge in [-0.25, -0.2) is 0 Å². The minimum Gasteiger partial charge on any atom is -0.323 e. The molecular formula is C28H44O2P2. The number of benzene rings is 1. The van der Waals surface area contributed by atoms with Crippen molar-refractivity contribution in [3.8, 4) is 0 Å². The fourth-order valence-corrected chi connectivity index (χ4v) is 16.6. The van der Waals surface area contributed by atoms with Crippen LogP contribution >= 0.6 is 14.3 Å². The maximum absolute atomic E-state index is 14.5. The lowest BCUT2D eigenvalue weighted by Gasteiger charge is -2.31. The van der Waals surface area contributed by atoms with Crippen LogP contribution in [0.5, 0.6) is 0 Å². The quantitative estimate of drug-likeness (QED) is 0.352. The third kappa shape index (κ3) is 4.75. The number of rotatable bonds is 8. The summed E-state index contributed by atoms with van der Waals surface area (Å²) in [5.74, 6) is 0. The van der Waals surface area contributed by atoms with Gasteiger partial charge in [0, 0.05) is 35.0 Å². The molecule has 0 spiro atoms. The first-order valence-electron chi connectivity index (χ1n) is 13.8. The van der Waals surface area contributed by atoms with E-state index in [1.54, 1.807) is 0 Å². The molecule has 4 heteroatoms. The summed E-state index contributed by atoms with van der Waals surface area (Å²) >= 11 is 0. The van der Waals surface area contributed by atoms with Crippen molar-refractivity contribution >= 4 is 14.3 Å². The molecule has 178 valence electrons. The second-order valence-electron chi connectivity index (χ2n) is 11.6. The Labute approximate surface area is 196 Å². The van der Waals surface area contributed by atoms with E-state index in [0.29, 0.717) is 22.6 Å². The summed E-state index contributed by atoms with van der Waals surface area (Å²) in [5, 5.41) is 0. The first-order valence-corrected chi connectivity index (χ1v) is 17.9. The molecular weight excluding hydrogens is 430 g/mol. The molecule has 0 unspecified atom stereocenters. The Balaban J connectivity index is 1.38. The number of hydrogen-bond donors (Lipinski definition) is 0. The van der Waals surface area contributed by atoms with E-state index in [1.807, 2.05) is 0 Å². The van der Waals surface area contributed by atoms with Crippen LogP contribution in [-0.4, -0.2) is 22.6 Å². The molecule has 1 aromatic rings. The van der Waals surface area contributed by atoms with Crippen LogP contribution in [-0.2, 0) is 21.5 Å². The van der Waals surface area contributed by atoms with Crippen molar-refractivity contribution in [3.63, 3.8) is 0 Å². The van der Waals surface area contributed by atoms with Gasteiger partial charge in [0.15, 0.2) is 0 Å². The lowest BCUT2D eigenvalue weighted by Crippen LogP contribution is -2.17. The predicted octanol–water partition coefficient (Wildman–Crippen LogP) is 9.18. The van der Waals surface area contributed by atoms with Crippen molar-refractivity contribution in [3.05, 3.63) is 35.4 Å². The summed E-state index contributed by atoms with van der Waals surface area (Å²) in [5.41, 5.74) is 4.42. The summed E-state index contributed by atoms with van der Waals surface area (Å²) in [4.78, 5) is 0. The molecule has 0 saturated heterocycles. The lowest BCUT2D eigenvalue weighted by molar-refractivity contribution is 0.548. The Morgan fingerprint density at radius 1 is 0.531 bits per heavy atom. The molecule has 1 aromatic carbocycles. The smallest absolute Gasteiger partial charge is 0.0977 e. The molecule has 0 atom stereocenters. The first kappa shape index (κ1) is 23.4. The van der Waals surface area contributed by atoms with Crippen LogP contribution < -0.4 is 0 Å². The maximum Gasteiger partial charge on any atom is 0.0977 e. The molecule has 4 aliphatic rings. The fraction of sp³-hybridized carbons (Fsp3) is 0.786. The zero-order valence-corrected chi connectivity index (χ0v) is 21.8. The normalized spacial score (nSPS) is 24.8. The summed E-state index contributed by atoms with van der Waals surface area (Å²) in [7, 11) is -4.44. The van der Waals surface area contributed by atoms with Gasteiger partial charge < -0.3 is 9.13 Å². The molecule has 0 amide bonds. The van der Waals surface area contributed by atoms with Crippen LogP contribution in [0.4, 0.5) is 0 Å². The van der Waals surface area contributed by atoms with Crippen molar-refractivity contribution in [2.24, 2.45) is 0 Å². The molecule has 0 aliphatic heterocycles. The summed E-state index contributed by atoms with van der Waals surface area (Å²) in [6, 6.07) is 8.94. The summed E-state index contributed by atoms with van der Waals surface area (Å²) < 4.78 is 29.1. The minimum absolute atomic E-state index is 0.470. The average molecular weight is 475 g/mol. The topological polar surface area (TPSA) is 34.1 Å². The first-order chi connectivity index (χ1) is 15.6. The molecule has 32 heavy (non-hydrogen) atoms. The van der Waals surface area contributed by atoms with Crippen molar-refractivity contribution in [1.82, 2.24) is 0 Å². The highest BCUT2D eigenvalue weighted by molar-refractivity contribution is 7.65. The van der Waals surface area contributed by atoms with Gasteiger partial charge in [0.1, 0.15) is 0 Å². The van der Waals surface area contributed by atoms with E-state index in [-0.39, 0.29) is 0 Å². The Hall–Kier alpha value is -0.320. The molecule has 0 heterocycles. The SMILES string of the molecule is O=P(Cc1cccc(CP(=O)(C2CCCC2)C2CCCC2)c1)(C1CCCC1)C1CCCC1. The Morgan fingerprint density at radius 3 is 1.09 bits per heavy atom. The van der Waals surface area contributed by atoms with Crippen LogP contribution in [0.25, 0.3) is 0 Å². The van der Waals surface area contributed by atoms with Crippen LogP contribution in [0.1, 0.15) is 114 Å². The van der Waals surface area contributed by atoms with Gasteiger partial charge in [-0.2, -0.15) is 0 Å². The van der Waals surface area contributed by atoms with Crippen molar-refractivity contribution in [2.45, 2.75) is 138 Å². The van der Waals surface area contributed by atoms with Crippen molar-refractivity contribution in [1.29, 1.82) is 0 Å². The van der Waals surface area contributed by atoms with E-state index in [0.717, 1.165) is 12.3 Å². The van der Waals surface area contributed by atoms with Gasteiger partial charge in [-0.1, -0.05) is 75.6 Å². The summed E-state index contributed by atoms with van der Waals surface area (Å²) in [6.07, 6.45) is 21.3. The predicted molar refractivity (Wildman–Crippen MR) is 138 cm³/mol. The van der Waals surface area contributed by atoms with Crippen LogP contribution in [0, 0.1) is 0 Å². The minimum atomic E-state index is -2.22. The second-order valence-corrected chi connectivity index (χ2v) is 18.6. The van der Waals surface area contributed by atoms with Gasteiger partial charge >= 0.3 is 0 Å². The van der Waals surface area contributed by atoms with E-state index in [9.17, 15) is 9.13 Å². The second kappa shape index (κ2) is 10.1. The van der Waals surface area contributed by atoms with Gasteiger partial charge in [-0.05, 0) is 62.5 Å². The highest BCUT2D eigenvalue weighted by atomic mass is 31.2. The molecule has 4 saturated carbocycles. The zero-order valence-electron chi connectivity index (χ0n) is 20.1. The van der Waals surface area contributed by atoms with Gasteiger partial charge in [0.25, 0.3) is 0 Å². The van der Waals surface area contributed by atoms with Gasteiger partial charge in [0.2, 0.25) is 0 Å². The Bertz CT molecular complexity index is 747. The molecule has 0 bridgehead atoms. The largest absolute Gasteiger partial charge is 0.323 e. The van der Waals surface area contributed by atoms with Gasteiger partial charge in [-0.3, -0.25) is 0 Å². The van der Waals surface area contributed by atoms with E-state index in [4.69, 9.17) is 0 Å². The van der Waals surface area contributed by atoms with Crippen LogP contribution in [0.2, 0.25) is 0 Å². The third-order valence-electron chi connectivity index (χ3n) is 9.62. The van der Waals surface area contributed by atoms with Crippen LogP contribution in [0.3, 0.4) is 0 Å². The Morgan fingerprint density at radius 2 is 0.812 bits per heavy atom. The average Bonchev–Trinajstić information content (AvgIpc) is 3.62. The molecule has 2 nitrogen and oxygen atoms in total. The fourth-order valence-electron chi connectivity index (χ4n) is 7.88. The van der Waals surface area contributed by atoms with Gasteiger partial charge in [0.05, 0.1) is 14.3 Å². The van der Waals surface area contributed by atoms with E-state index in [2.05, 4.69) is 24.3 Å². The van der Waals surface area contributed by atoms with Crippen molar-refractivity contribution in [2.75, 3.05) is 0 Å². The number of hydrogen-bond acceptors (Lipinski definition) is 2. The molecule has 4 aliphatic carbocycles.